The van der Waals surface area contributed by atoms with Gasteiger partial charge in [0.25, 0.3) is 0 Å². The van der Waals surface area contributed by atoms with Crippen molar-refractivity contribution in [3.63, 3.8) is 0 Å². The minimum Gasteiger partial charge on any atom is -0.325 e. The summed E-state index contributed by atoms with van der Waals surface area (Å²) in [5, 5.41) is 15.2. The second kappa shape index (κ2) is 10.7. The summed E-state index contributed by atoms with van der Waals surface area (Å²) in [5.74, 6) is -0.561. The number of carbonyl (C=O) groups is 2. The van der Waals surface area contributed by atoms with Crippen molar-refractivity contribution in [3.05, 3.63) is 58.1 Å². The standard InChI is InChI=1S/C20H20Cl2N4O2/c1-2-8-26(12-19(27)24-16-5-3-4-14(9-16)11-23)13-20(28)25-18-10-15(21)6-7-17(18)22/h3-7,9-10H,2,8,12-13H2,1H3,(H,24,27)(H,25,28). The summed E-state index contributed by atoms with van der Waals surface area (Å²) in [6.45, 7) is 2.61. The molecule has 28 heavy (non-hydrogen) atoms. The molecule has 0 aliphatic heterocycles. The Morgan fingerprint density at radius 3 is 2.46 bits per heavy atom. The minimum atomic E-state index is -0.295. The highest BCUT2D eigenvalue weighted by atomic mass is 35.5. The number of halogens is 2. The van der Waals surface area contributed by atoms with Crippen LogP contribution in [0, 0.1) is 11.3 Å². The number of benzene rings is 2. The lowest BCUT2D eigenvalue weighted by atomic mass is 10.2. The third-order valence-electron chi connectivity index (χ3n) is 3.75. The number of nitrogens with one attached hydrogen (secondary N) is 2. The lowest BCUT2D eigenvalue weighted by Gasteiger charge is -2.21. The maximum atomic E-state index is 12.4. The maximum Gasteiger partial charge on any atom is 0.238 e. The van der Waals surface area contributed by atoms with Gasteiger partial charge >= 0.3 is 0 Å². The Labute approximate surface area is 174 Å². The van der Waals surface area contributed by atoms with Gasteiger partial charge in [0.15, 0.2) is 0 Å². The van der Waals surface area contributed by atoms with E-state index in [4.69, 9.17) is 28.5 Å². The first-order valence-corrected chi connectivity index (χ1v) is 9.44. The third kappa shape index (κ3) is 6.86. The highest BCUT2D eigenvalue weighted by Gasteiger charge is 2.15. The molecule has 6 nitrogen and oxygen atoms in total. The first-order chi connectivity index (χ1) is 13.4. The minimum absolute atomic E-state index is 0.0301. The van der Waals surface area contributed by atoms with Crippen LogP contribution in [-0.4, -0.2) is 36.3 Å². The van der Waals surface area contributed by atoms with E-state index in [2.05, 4.69) is 10.6 Å². The fraction of sp³-hybridized carbons (Fsp3) is 0.250. The molecule has 0 atom stereocenters. The molecule has 0 aromatic heterocycles. The Morgan fingerprint density at radius 2 is 1.79 bits per heavy atom. The summed E-state index contributed by atoms with van der Waals surface area (Å²) >= 11 is 12.0. The first-order valence-electron chi connectivity index (χ1n) is 8.68. The molecular formula is C20H20Cl2N4O2. The van der Waals surface area contributed by atoms with Crippen LogP contribution in [-0.2, 0) is 9.59 Å². The second-order valence-electron chi connectivity index (χ2n) is 6.12. The third-order valence-corrected chi connectivity index (χ3v) is 4.32. The summed E-state index contributed by atoms with van der Waals surface area (Å²) in [5.41, 5.74) is 1.42. The van der Waals surface area contributed by atoms with Crippen molar-refractivity contribution in [2.75, 3.05) is 30.3 Å². The van der Waals surface area contributed by atoms with E-state index in [1.807, 2.05) is 13.0 Å². The van der Waals surface area contributed by atoms with Crippen molar-refractivity contribution in [2.24, 2.45) is 0 Å². The monoisotopic (exact) mass is 418 g/mol. The Hall–Kier alpha value is -2.59. The van der Waals surface area contributed by atoms with E-state index in [0.29, 0.717) is 33.5 Å². The van der Waals surface area contributed by atoms with Crippen LogP contribution in [0.1, 0.15) is 18.9 Å². The molecule has 0 saturated carbocycles. The number of anilines is 2. The molecule has 0 saturated heterocycles. The molecule has 8 heteroatoms. The largest absolute Gasteiger partial charge is 0.325 e. The number of nitriles is 1. The van der Waals surface area contributed by atoms with Crippen LogP contribution < -0.4 is 10.6 Å². The molecule has 2 aromatic carbocycles. The van der Waals surface area contributed by atoms with Crippen molar-refractivity contribution in [2.45, 2.75) is 13.3 Å². The van der Waals surface area contributed by atoms with Gasteiger partial charge in [-0.1, -0.05) is 36.2 Å². The van der Waals surface area contributed by atoms with Crippen LogP contribution in [0.5, 0.6) is 0 Å². The molecule has 0 aliphatic rings. The topological polar surface area (TPSA) is 85.2 Å². The van der Waals surface area contributed by atoms with Gasteiger partial charge in [0, 0.05) is 10.7 Å². The van der Waals surface area contributed by atoms with Gasteiger partial charge in [-0.05, 0) is 49.4 Å². The number of nitrogens with zero attached hydrogens (tertiary/aromatic N) is 2. The van der Waals surface area contributed by atoms with Crippen LogP contribution in [0.3, 0.4) is 0 Å². The van der Waals surface area contributed by atoms with E-state index in [-0.39, 0.29) is 24.9 Å². The number of amides is 2. The molecule has 2 N–H and O–H groups in total. The Balaban J connectivity index is 1.96. The van der Waals surface area contributed by atoms with Gasteiger partial charge in [-0.15, -0.1) is 0 Å². The van der Waals surface area contributed by atoms with Crippen molar-refractivity contribution < 1.29 is 9.59 Å². The van der Waals surface area contributed by atoms with Crippen molar-refractivity contribution in [1.29, 1.82) is 5.26 Å². The normalized spacial score (nSPS) is 10.4. The van der Waals surface area contributed by atoms with E-state index < -0.39 is 0 Å². The predicted octanol–water partition coefficient (Wildman–Crippen LogP) is 4.15. The molecular weight excluding hydrogens is 399 g/mol. The maximum absolute atomic E-state index is 12.4. The first kappa shape index (κ1) is 21.7. The molecule has 0 heterocycles. The predicted molar refractivity (Wildman–Crippen MR) is 112 cm³/mol. The fourth-order valence-electron chi connectivity index (χ4n) is 2.59. The van der Waals surface area contributed by atoms with Gasteiger partial charge in [0.1, 0.15) is 0 Å². The Morgan fingerprint density at radius 1 is 1.07 bits per heavy atom. The van der Waals surface area contributed by atoms with Crippen LogP contribution in [0.15, 0.2) is 42.5 Å². The van der Waals surface area contributed by atoms with Crippen molar-refractivity contribution in [3.8, 4) is 6.07 Å². The van der Waals surface area contributed by atoms with E-state index >= 15 is 0 Å². The SMILES string of the molecule is CCCN(CC(=O)Nc1cccc(C#N)c1)CC(=O)Nc1cc(Cl)ccc1Cl. The van der Waals surface area contributed by atoms with E-state index in [1.54, 1.807) is 47.4 Å². The number of hydrogen-bond donors (Lipinski definition) is 2. The van der Waals surface area contributed by atoms with E-state index in [1.165, 1.54) is 0 Å². The zero-order valence-corrected chi connectivity index (χ0v) is 16.8. The summed E-state index contributed by atoms with van der Waals surface area (Å²) in [6, 6.07) is 13.5. The fourth-order valence-corrected chi connectivity index (χ4v) is 2.92. The van der Waals surface area contributed by atoms with Crippen molar-refractivity contribution in [1.82, 2.24) is 4.90 Å². The number of rotatable bonds is 8. The van der Waals surface area contributed by atoms with E-state index in [0.717, 1.165) is 6.42 Å². The lowest BCUT2D eigenvalue weighted by Crippen LogP contribution is -2.39. The van der Waals surface area contributed by atoms with E-state index in [9.17, 15) is 9.59 Å². The summed E-state index contributed by atoms with van der Waals surface area (Å²) in [6.07, 6.45) is 0.780. The molecule has 0 radical (unpaired) electrons. The highest BCUT2D eigenvalue weighted by Crippen LogP contribution is 2.25. The average Bonchev–Trinajstić information content (AvgIpc) is 2.65. The van der Waals surface area contributed by atoms with Gasteiger partial charge in [0.2, 0.25) is 11.8 Å². The molecule has 0 fully saturated rings. The molecule has 0 bridgehead atoms. The quantitative estimate of drug-likeness (QED) is 0.673. The van der Waals surface area contributed by atoms with Gasteiger partial charge in [-0.2, -0.15) is 5.26 Å². The molecule has 2 aromatic rings. The summed E-state index contributed by atoms with van der Waals surface area (Å²) < 4.78 is 0. The van der Waals surface area contributed by atoms with Crippen molar-refractivity contribution >= 4 is 46.4 Å². The highest BCUT2D eigenvalue weighted by molar-refractivity contribution is 6.35. The average molecular weight is 419 g/mol. The summed E-state index contributed by atoms with van der Waals surface area (Å²) in [7, 11) is 0. The zero-order valence-electron chi connectivity index (χ0n) is 15.3. The lowest BCUT2D eigenvalue weighted by molar-refractivity contribution is -0.120. The molecule has 2 amide bonds. The number of carbonyl (C=O) groups excluding carboxylic acids is 2. The van der Waals surface area contributed by atoms with Gasteiger partial charge in [-0.25, -0.2) is 0 Å². The van der Waals surface area contributed by atoms with Crippen LogP contribution in [0.25, 0.3) is 0 Å². The Kier molecular flexibility index (Phi) is 8.27. The smallest absolute Gasteiger partial charge is 0.238 e. The second-order valence-corrected chi connectivity index (χ2v) is 6.97. The zero-order chi connectivity index (χ0) is 20.5. The van der Waals surface area contributed by atoms with Crippen LogP contribution in [0.4, 0.5) is 11.4 Å². The Bertz CT molecular complexity index is 896. The summed E-state index contributed by atoms with van der Waals surface area (Å²) in [4.78, 5) is 26.4. The molecule has 0 aliphatic carbocycles. The van der Waals surface area contributed by atoms with Gasteiger partial charge in [-0.3, -0.25) is 14.5 Å². The molecule has 0 spiro atoms. The molecule has 146 valence electrons. The molecule has 0 unspecified atom stereocenters. The van der Waals surface area contributed by atoms with Gasteiger partial charge in [0.05, 0.1) is 35.4 Å². The van der Waals surface area contributed by atoms with Crippen LogP contribution >= 0.6 is 23.2 Å². The van der Waals surface area contributed by atoms with Gasteiger partial charge < -0.3 is 10.6 Å². The molecule has 2 rings (SSSR count). The van der Waals surface area contributed by atoms with Crippen LogP contribution in [0.2, 0.25) is 10.0 Å². The number of hydrogen-bond acceptors (Lipinski definition) is 4.